The maximum Gasteiger partial charge on any atom is 0.258 e. The highest BCUT2D eigenvalue weighted by Gasteiger charge is 2.14. The van der Waals surface area contributed by atoms with E-state index in [9.17, 15) is 9.18 Å². The number of nitrogens with one attached hydrogen (secondary N) is 1. The van der Waals surface area contributed by atoms with Crippen LogP contribution in [0.15, 0.2) is 36.4 Å². The Bertz CT molecular complexity index is 847. The summed E-state index contributed by atoms with van der Waals surface area (Å²) in [6.45, 7) is 1.96. The first-order chi connectivity index (χ1) is 10.0. The molecular formula is C15H10ClFN2OS. The van der Waals surface area contributed by atoms with Gasteiger partial charge >= 0.3 is 0 Å². The molecule has 0 spiro atoms. The number of rotatable bonds is 2. The number of benzene rings is 2. The smallest absolute Gasteiger partial charge is 0.258 e. The minimum absolute atomic E-state index is 0.0739. The Morgan fingerprint density at radius 2 is 2.14 bits per heavy atom. The maximum absolute atomic E-state index is 13.0. The van der Waals surface area contributed by atoms with E-state index in [0.29, 0.717) is 5.13 Å². The second kappa shape index (κ2) is 5.42. The number of carbonyl (C=O) groups is 1. The third-order valence-corrected chi connectivity index (χ3v) is 4.27. The number of fused-ring (bicyclic) bond motifs is 1. The number of anilines is 1. The topological polar surface area (TPSA) is 42.0 Å². The van der Waals surface area contributed by atoms with Gasteiger partial charge in [0.15, 0.2) is 5.13 Å². The number of hydrogen-bond donors (Lipinski definition) is 1. The van der Waals surface area contributed by atoms with E-state index >= 15 is 0 Å². The van der Waals surface area contributed by atoms with Gasteiger partial charge in [0.05, 0.1) is 20.8 Å². The van der Waals surface area contributed by atoms with Gasteiger partial charge in [0.25, 0.3) is 5.91 Å². The molecule has 2 aromatic carbocycles. The predicted molar refractivity (Wildman–Crippen MR) is 83.7 cm³/mol. The van der Waals surface area contributed by atoms with Crippen molar-refractivity contribution in [1.82, 2.24) is 4.98 Å². The van der Waals surface area contributed by atoms with Crippen molar-refractivity contribution in [1.29, 1.82) is 0 Å². The van der Waals surface area contributed by atoms with E-state index in [-0.39, 0.29) is 10.6 Å². The Morgan fingerprint density at radius 1 is 1.33 bits per heavy atom. The van der Waals surface area contributed by atoms with Crippen LogP contribution in [0.2, 0.25) is 5.02 Å². The zero-order valence-corrected chi connectivity index (χ0v) is 12.6. The summed E-state index contributed by atoms with van der Waals surface area (Å²) in [5.41, 5.74) is 2.13. The molecule has 0 aliphatic heterocycles. The van der Waals surface area contributed by atoms with Crippen molar-refractivity contribution in [2.45, 2.75) is 6.92 Å². The molecule has 1 aromatic heterocycles. The quantitative estimate of drug-likeness (QED) is 0.746. The molecule has 3 aromatic rings. The molecular weight excluding hydrogens is 311 g/mol. The predicted octanol–water partition coefficient (Wildman–Crippen LogP) is 4.65. The fourth-order valence-corrected chi connectivity index (χ4v) is 3.17. The average Bonchev–Trinajstić information content (AvgIpc) is 2.82. The minimum atomic E-state index is -0.479. The molecule has 0 saturated carbocycles. The first-order valence-electron chi connectivity index (χ1n) is 6.17. The van der Waals surface area contributed by atoms with Gasteiger partial charge < -0.3 is 0 Å². The molecule has 3 nitrogen and oxygen atoms in total. The molecule has 6 heteroatoms. The Kier molecular flexibility index (Phi) is 3.61. The lowest BCUT2D eigenvalue weighted by atomic mass is 10.2. The van der Waals surface area contributed by atoms with Crippen molar-refractivity contribution in [3.8, 4) is 0 Å². The largest absolute Gasteiger partial charge is 0.298 e. The van der Waals surface area contributed by atoms with Crippen LogP contribution in [-0.4, -0.2) is 10.9 Å². The lowest BCUT2D eigenvalue weighted by molar-refractivity contribution is 0.102. The van der Waals surface area contributed by atoms with Crippen LogP contribution in [0.3, 0.4) is 0 Å². The first-order valence-corrected chi connectivity index (χ1v) is 7.36. The van der Waals surface area contributed by atoms with Crippen LogP contribution in [0.25, 0.3) is 10.2 Å². The highest BCUT2D eigenvalue weighted by molar-refractivity contribution is 7.22. The van der Waals surface area contributed by atoms with Crippen molar-refractivity contribution >= 4 is 44.2 Å². The zero-order valence-electron chi connectivity index (χ0n) is 11.0. The van der Waals surface area contributed by atoms with Crippen LogP contribution in [0.5, 0.6) is 0 Å². The van der Waals surface area contributed by atoms with Crippen molar-refractivity contribution in [2.24, 2.45) is 0 Å². The van der Waals surface area contributed by atoms with Gasteiger partial charge in [-0.1, -0.05) is 35.1 Å². The van der Waals surface area contributed by atoms with Gasteiger partial charge in [-0.05, 0) is 36.8 Å². The molecule has 21 heavy (non-hydrogen) atoms. The van der Waals surface area contributed by atoms with Crippen LogP contribution >= 0.6 is 22.9 Å². The molecule has 1 heterocycles. The van der Waals surface area contributed by atoms with Crippen molar-refractivity contribution < 1.29 is 9.18 Å². The molecule has 3 rings (SSSR count). The summed E-state index contributed by atoms with van der Waals surface area (Å²) in [5.74, 6) is -0.885. The molecule has 0 saturated heterocycles. The van der Waals surface area contributed by atoms with E-state index in [0.717, 1.165) is 21.8 Å². The summed E-state index contributed by atoms with van der Waals surface area (Å²) >= 11 is 7.26. The summed E-state index contributed by atoms with van der Waals surface area (Å²) in [6, 6.07) is 9.51. The van der Waals surface area contributed by atoms with Gasteiger partial charge in [0.2, 0.25) is 0 Å². The third-order valence-electron chi connectivity index (χ3n) is 3.02. The number of halogens is 2. The SMILES string of the molecule is Cc1cccc2sc(NC(=O)c3ccc(F)cc3Cl)nc12. The van der Waals surface area contributed by atoms with Crippen LogP contribution in [0.1, 0.15) is 15.9 Å². The summed E-state index contributed by atoms with van der Waals surface area (Å²) in [4.78, 5) is 16.6. The average molecular weight is 321 g/mol. The van der Waals surface area contributed by atoms with Gasteiger partial charge in [0.1, 0.15) is 5.82 Å². The Balaban J connectivity index is 1.91. The first kappa shape index (κ1) is 14.0. The molecule has 1 amide bonds. The fourth-order valence-electron chi connectivity index (χ4n) is 1.98. The number of amides is 1. The van der Waals surface area contributed by atoms with E-state index in [1.807, 2.05) is 25.1 Å². The third kappa shape index (κ3) is 2.75. The van der Waals surface area contributed by atoms with Crippen LogP contribution in [-0.2, 0) is 0 Å². The number of thiazole rings is 1. The van der Waals surface area contributed by atoms with Crippen molar-refractivity contribution in [3.05, 3.63) is 58.4 Å². The molecule has 1 N–H and O–H groups in total. The molecule has 0 fully saturated rings. The molecule has 0 unspecified atom stereocenters. The minimum Gasteiger partial charge on any atom is -0.298 e. The van der Waals surface area contributed by atoms with E-state index in [1.54, 1.807) is 0 Å². The zero-order chi connectivity index (χ0) is 15.0. The molecule has 106 valence electrons. The molecule has 0 radical (unpaired) electrons. The maximum atomic E-state index is 13.0. The normalized spacial score (nSPS) is 10.8. The highest BCUT2D eigenvalue weighted by Crippen LogP contribution is 2.28. The number of para-hydroxylation sites is 1. The Labute approximate surface area is 129 Å². The monoisotopic (exact) mass is 320 g/mol. The van der Waals surface area contributed by atoms with Gasteiger partial charge in [0, 0.05) is 0 Å². The Hall–Kier alpha value is -1.98. The van der Waals surface area contributed by atoms with Crippen LogP contribution in [0, 0.1) is 12.7 Å². The summed E-state index contributed by atoms with van der Waals surface area (Å²) in [5, 5.41) is 3.26. The van der Waals surface area contributed by atoms with Crippen LogP contribution in [0.4, 0.5) is 9.52 Å². The fraction of sp³-hybridized carbons (Fsp3) is 0.0667. The molecule has 0 aliphatic rings. The van der Waals surface area contributed by atoms with Gasteiger partial charge in [-0.3, -0.25) is 10.1 Å². The van der Waals surface area contributed by atoms with E-state index in [2.05, 4.69) is 10.3 Å². The molecule has 0 atom stereocenters. The number of carbonyl (C=O) groups excluding carboxylic acids is 1. The number of aromatic nitrogens is 1. The summed E-state index contributed by atoms with van der Waals surface area (Å²) in [7, 11) is 0. The van der Waals surface area contributed by atoms with Gasteiger partial charge in [-0.15, -0.1) is 0 Å². The van der Waals surface area contributed by atoms with E-state index in [4.69, 9.17) is 11.6 Å². The number of hydrogen-bond acceptors (Lipinski definition) is 3. The lowest BCUT2D eigenvalue weighted by Crippen LogP contribution is -2.12. The van der Waals surface area contributed by atoms with Gasteiger partial charge in [-0.25, -0.2) is 9.37 Å². The van der Waals surface area contributed by atoms with Crippen molar-refractivity contribution in [2.75, 3.05) is 5.32 Å². The Morgan fingerprint density at radius 3 is 2.86 bits per heavy atom. The molecule has 0 aliphatic carbocycles. The lowest BCUT2D eigenvalue weighted by Gasteiger charge is -2.03. The van der Waals surface area contributed by atoms with Crippen LogP contribution < -0.4 is 5.32 Å². The highest BCUT2D eigenvalue weighted by atomic mass is 35.5. The number of aryl methyl sites for hydroxylation is 1. The van der Waals surface area contributed by atoms with Gasteiger partial charge in [-0.2, -0.15) is 0 Å². The summed E-state index contributed by atoms with van der Waals surface area (Å²) in [6.07, 6.45) is 0. The van der Waals surface area contributed by atoms with E-state index < -0.39 is 11.7 Å². The number of nitrogens with zero attached hydrogens (tertiary/aromatic N) is 1. The second-order valence-electron chi connectivity index (χ2n) is 4.52. The van der Waals surface area contributed by atoms with E-state index in [1.165, 1.54) is 23.5 Å². The van der Waals surface area contributed by atoms with Crippen molar-refractivity contribution in [3.63, 3.8) is 0 Å². The standard InChI is InChI=1S/C15H10ClFN2OS/c1-8-3-2-4-12-13(8)18-15(21-12)19-14(20)10-6-5-9(17)7-11(10)16/h2-7H,1H3,(H,18,19,20). The summed E-state index contributed by atoms with van der Waals surface area (Å²) < 4.78 is 14.0. The molecule has 0 bridgehead atoms. The second-order valence-corrected chi connectivity index (χ2v) is 5.96.